The fourth-order valence-corrected chi connectivity index (χ4v) is 2.76. The number of hydrogen-bond donors (Lipinski definition) is 1. The molecule has 0 fully saturated rings. The van der Waals surface area contributed by atoms with Crippen LogP contribution < -0.4 is 5.32 Å². The van der Waals surface area contributed by atoms with Gasteiger partial charge in [-0.15, -0.1) is 11.3 Å². The van der Waals surface area contributed by atoms with E-state index in [-0.39, 0.29) is 16.4 Å². The van der Waals surface area contributed by atoms with Gasteiger partial charge in [0.15, 0.2) is 16.8 Å². The van der Waals surface area contributed by atoms with Crippen molar-refractivity contribution < 1.29 is 23.1 Å². The van der Waals surface area contributed by atoms with Gasteiger partial charge in [0.05, 0.1) is 18.4 Å². The molecule has 0 atom stereocenters. The summed E-state index contributed by atoms with van der Waals surface area (Å²) >= 11 is 1.13. The molecule has 0 bridgehead atoms. The van der Waals surface area contributed by atoms with E-state index in [0.717, 1.165) is 23.5 Å². The van der Waals surface area contributed by atoms with Crippen LogP contribution in [0.4, 0.5) is 13.9 Å². The molecule has 1 N–H and O–H groups in total. The number of ether oxygens (including phenoxy) is 1. The Morgan fingerprint density at radius 1 is 1.15 bits per heavy atom. The monoisotopic (exact) mass is 375 g/mol. The van der Waals surface area contributed by atoms with Crippen LogP contribution in [0.3, 0.4) is 0 Å². The lowest BCUT2D eigenvalue weighted by atomic mass is 10.2. The van der Waals surface area contributed by atoms with Crippen LogP contribution in [-0.4, -0.2) is 29.0 Å². The molecular weight excluding hydrogens is 364 g/mol. The topological polar surface area (TPSA) is 81.2 Å². The summed E-state index contributed by atoms with van der Waals surface area (Å²) in [6.45, 7) is 0. The van der Waals surface area contributed by atoms with E-state index in [0.29, 0.717) is 11.3 Å². The first kappa shape index (κ1) is 17.6. The van der Waals surface area contributed by atoms with E-state index in [9.17, 15) is 18.4 Å². The molecule has 2 heterocycles. The van der Waals surface area contributed by atoms with Crippen molar-refractivity contribution in [2.75, 3.05) is 12.4 Å². The quantitative estimate of drug-likeness (QED) is 0.706. The Bertz CT molecular complexity index is 974. The molecule has 3 rings (SSSR count). The van der Waals surface area contributed by atoms with Gasteiger partial charge in [-0.2, -0.15) is 0 Å². The molecular formula is C17H11F2N3O3S. The molecule has 9 heteroatoms. The number of nitrogens with one attached hydrogen (secondary N) is 1. The Hall–Kier alpha value is -3.20. The summed E-state index contributed by atoms with van der Waals surface area (Å²) in [5.74, 6) is -3.00. The van der Waals surface area contributed by atoms with E-state index >= 15 is 0 Å². The number of carbonyl (C=O) groups excluding carboxylic acids is 2. The molecule has 0 radical (unpaired) electrons. The number of benzene rings is 1. The maximum atomic E-state index is 13.3. The number of halogens is 2. The van der Waals surface area contributed by atoms with Crippen molar-refractivity contribution in [1.82, 2.24) is 9.97 Å². The van der Waals surface area contributed by atoms with Crippen molar-refractivity contribution in [2.45, 2.75) is 0 Å². The fourth-order valence-electron chi connectivity index (χ4n) is 2.05. The summed E-state index contributed by atoms with van der Waals surface area (Å²) in [6.07, 6.45) is 1.23. The maximum Gasteiger partial charge on any atom is 0.339 e. The van der Waals surface area contributed by atoms with Crippen LogP contribution in [0.5, 0.6) is 0 Å². The number of methoxy groups -OCH3 is 1. The van der Waals surface area contributed by atoms with Gasteiger partial charge in [-0.3, -0.25) is 15.1 Å². The average Bonchev–Trinajstić information content (AvgIpc) is 3.12. The Labute approximate surface area is 150 Å². The van der Waals surface area contributed by atoms with Gasteiger partial charge in [0.25, 0.3) is 5.91 Å². The number of amides is 1. The van der Waals surface area contributed by atoms with Gasteiger partial charge in [0, 0.05) is 17.1 Å². The molecule has 3 aromatic rings. The van der Waals surface area contributed by atoms with E-state index in [2.05, 4.69) is 20.0 Å². The van der Waals surface area contributed by atoms with Gasteiger partial charge in [0.1, 0.15) is 5.69 Å². The molecule has 2 aromatic heterocycles. The largest absolute Gasteiger partial charge is 0.465 e. The zero-order valence-corrected chi connectivity index (χ0v) is 14.1. The van der Waals surface area contributed by atoms with E-state index in [1.165, 1.54) is 31.5 Å². The van der Waals surface area contributed by atoms with E-state index in [4.69, 9.17) is 0 Å². The maximum absolute atomic E-state index is 13.3. The second kappa shape index (κ2) is 7.36. The molecule has 0 aliphatic rings. The number of thiazole rings is 1. The van der Waals surface area contributed by atoms with Crippen LogP contribution in [0.25, 0.3) is 11.3 Å². The summed E-state index contributed by atoms with van der Waals surface area (Å²) in [7, 11) is 1.25. The third-order valence-corrected chi connectivity index (χ3v) is 4.11. The number of rotatable bonds is 4. The molecule has 0 spiro atoms. The summed E-state index contributed by atoms with van der Waals surface area (Å²) < 4.78 is 30.9. The van der Waals surface area contributed by atoms with Gasteiger partial charge in [-0.1, -0.05) is 0 Å². The van der Waals surface area contributed by atoms with Gasteiger partial charge in [-0.05, 0) is 30.3 Å². The van der Waals surface area contributed by atoms with Crippen LogP contribution in [0.1, 0.15) is 20.8 Å². The number of hydrogen-bond acceptors (Lipinski definition) is 6. The Morgan fingerprint density at radius 3 is 2.62 bits per heavy atom. The minimum Gasteiger partial charge on any atom is -0.465 e. The average molecular weight is 375 g/mol. The van der Waals surface area contributed by atoms with Crippen molar-refractivity contribution in [3.8, 4) is 11.3 Å². The molecule has 1 aromatic carbocycles. The molecule has 0 aliphatic carbocycles. The van der Waals surface area contributed by atoms with Gasteiger partial charge in [-0.25, -0.2) is 18.6 Å². The van der Waals surface area contributed by atoms with Crippen LogP contribution in [-0.2, 0) is 4.74 Å². The summed E-state index contributed by atoms with van der Waals surface area (Å²) in [5, 5.41) is 4.44. The van der Waals surface area contributed by atoms with Crippen molar-refractivity contribution in [1.29, 1.82) is 0 Å². The minimum atomic E-state index is -0.976. The third-order valence-electron chi connectivity index (χ3n) is 3.36. The highest BCUT2D eigenvalue weighted by Gasteiger charge is 2.13. The lowest BCUT2D eigenvalue weighted by molar-refractivity contribution is 0.0600. The zero-order chi connectivity index (χ0) is 18.7. The molecule has 26 heavy (non-hydrogen) atoms. The van der Waals surface area contributed by atoms with Crippen molar-refractivity contribution in [3.63, 3.8) is 0 Å². The van der Waals surface area contributed by atoms with Crippen LogP contribution in [0.15, 0.2) is 41.9 Å². The molecule has 0 saturated heterocycles. The molecule has 1 amide bonds. The van der Waals surface area contributed by atoms with E-state index in [1.54, 1.807) is 5.38 Å². The number of pyridine rings is 1. The first-order valence-corrected chi connectivity index (χ1v) is 8.12. The number of nitrogens with zero attached hydrogens (tertiary/aromatic N) is 2. The number of esters is 1. The van der Waals surface area contributed by atoms with Gasteiger partial charge < -0.3 is 4.74 Å². The first-order valence-electron chi connectivity index (χ1n) is 7.24. The lowest BCUT2D eigenvalue weighted by Crippen LogP contribution is -2.14. The van der Waals surface area contributed by atoms with Crippen LogP contribution in [0.2, 0.25) is 0 Å². The smallest absolute Gasteiger partial charge is 0.339 e. The van der Waals surface area contributed by atoms with Crippen molar-refractivity contribution in [2.24, 2.45) is 0 Å². The fraction of sp³-hybridized carbons (Fsp3) is 0.0588. The Kier molecular flexibility index (Phi) is 4.99. The van der Waals surface area contributed by atoms with E-state index < -0.39 is 23.5 Å². The predicted molar refractivity (Wildman–Crippen MR) is 91.0 cm³/mol. The molecule has 0 saturated carbocycles. The zero-order valence-electron chi connectivity index (χ0n) is 13.3. The number of carbonyl (C=O) groups is 2. The summed E-state index contributed by atoms with van der Waals surface area (Å²) in [4.78, 5) is 31.6. The molecule has 0 unspecified atom stereocenters. The second-order valence-electron chi connectivity index (χ2n) is 5.04. The first-order chi connectivity index (χ1) is 12.5. The SMILES string of the molecule is COC(=O)c1ccc(C(=O)Nc2nc(-c3ccc(F)c(F)c3)cs2)nc1. The standard InChI is InChI=1S/C17H11F2N3O3S/c1-25-16(24)10-3-5-13(20-7-10)15(23)22-17-21-14(8-26-17)9-2-4-11(18)12(19)6-9/h2-8H,1H3,(H,21,22,23). The Morgan fingerprint density at radius 2 is 1.96 bits per heavy atom. The van der Waals surface area contributed by atoms with Crippen molar-refractivity contribution in [3.05, 3.63) is 64.8 Å². The number of anilines is 1. The highest BCUT2D eigenvalue weighted by atomic mass is 32.1. The summed E-state index contributed by atoms with van der Waals surface area (Å²) in [6, 6.07) is 6.23. The highest BCUT2D eigenvalue weighted by molar-refractivity contribution is 7.14. The second-order valence-corrected chi connectivity index (χ2v) is 5.90. The lowest BCUT2D eigenvalue weighted by Gasteiger charge is -2.02. The third kappa shape index (κ3) is 3.72. The highest BCUT2D eigenvalue weighted by Crippen LogP contribution is 2.26. The van der Waals surface area contributed by atoms with Crippen molar-refractivity contribution >= 4 is 28.3 Å². The minimum absolute atomic E-state index is 0.0854. The van der Waals surface area contributed by atoms with Gasteiger partial charge >= 0.3 is 5.97 Å². The molecule has 0 aliphatic heterocycles. The van der Waals surface area contributed by atoms with Gasteiger partial charge in [0.2, 0.25) is 0 Å². The predicted octanol–water partition coefficient (Wildman–Crippen LogP) is 3.52. The normalized spacial score (nSPS) is 10.4. The molecule has 132 valence electrons. The van der Waals surface area contributed by atoms with E-state index in [1.807, 2.05) is 0 Å². The number of aromatic nitrogens is 2. The van der Waals surface area contributed by atoms with Crippen LogP contribution in [0, 0.1) is 11.6 Å². The molecule has 6 nitrogen and oxygen atoms in total. The Balaban J connectivity index is 1.73. The van der Waals surface area contributed by atoms with Crippen LogP contribution >= 0.6 is 11.3 Å². The summed E-state index contributed by atoms with van der Waals surface area (Å²) in [5.41, 5.74) is 1.10.